The lowest BCUT2D eigenvalue weighted by Gasteiger charge is -2.40. The van der Waals surface area contributed by atoms with Gasteiger partial charge < -0.3 is 21.5 Å². The maximum absolute atomic E-state index is 13.6. The summed E-state index contributed by atoms with van der Waals surface area (Å²) in [6.07, 6.45) is -1.03. The number of rotatable bonds is 9. The number of nitrogens with two attached hydrogens (primary N) is 1. The summed E-state index contributed by atoms with van der Waals surface area (Å²) in [4.78, 5) is 28.4. The number of aliphatic hydroxyl groups is 1. The molecule has 37 heavy (non-hydrogen) atoms. The fourth-order valence-corrected chi connectivity index (χ4v) is 4.20. The number of urea groups is 1. The molecule has 0 fully saturated rings. The van der Waals surface area contributed by atoms with E-state index in [0.717, 1.165) is 11.1 Å². The summed E-state index contributed by atoms with van der Waals surface area (Å²) in [6.45, 7) is 5.58. The summed E-state index contributed by atoms with van der Waals surface area (Å²) in [5.41, 5.74) is 6.93. The molecular weight excluding hydrogens is 464 g/mol. The van der Waals surface area contributed by atoms with E-state index < -0.39 is 35.2 Å². The minimum atomic E-state index is -1.72. The minimum Gasteiger partial charge on any atom is -0.388 e. The van der Waals surface area contributed by atoms with Crippen LogP contribution in [0.5, 0.6) is 0 Å². The van der Waals surface area contributed by atoms with Crippen molar-refractivity contribution in [2.45, 2.75) is 56.8 Å². The fourth-order valence-electron chi connectivity index (χ4n) is 4.20. The van der Waals surface area contributed by atoms with Crippen molar-refractivity contribution in [3.05, 3.63) is 102 Å². The predicted molar refractivity (Wildman–Crippen MR) is 148 cm³/mol. The van der Waals surface area contributed by atoms with Crippen LogP contribution in [-0.2, 0) is 17.6 Å². The monoisotopic (exact) mass is 502 g/mol. The van der Waals surface area contributed by atoms with Gasteiger partial charge >= 0.3 is 6.03 Å². The molecule has 3 atom stereocenters. The molecule has 0 aliphatic carbocycles. The number of para-hydroxylation sites is 1. The van der Waals surface area contributed by atoms with Gasteiger partial charge in [0.15, 0.2) is 0 Å². The normalized spacial score (nSPS) is 14.6. The standard InChI is InChI=1S/C30H38N4O3/c1-29(2,3)33-27(36)30(31,21-23-16-10-6-11-17-23)26(35)25(20-22-14-8-5-9-15-22)32-28(37)34(4)24-18-12-7-13-19-24/h5-19,25-26,35H,20-21,31H2,1-4H3,(H,32,37)(H,33,36). The van der Waals surface area contributed by atoms with E-state index in [-0.39, 0.29) is 12.8 Å². The molecule has 3 amide bonds. The van der Waals surface area contributed by atoms with Gasteiger partial charge in [-0.1, -0.05) is 78.9 Å². The number of anilines is 1. The Hall–Kier alpha value is -3.68. The summed E-state index contributed by atoms with van der Waals surface area (Å²) >= 11 is 0. The summed E-state index contributed by atoms with van der Waals surface area (Å²) < 4.78 is 0. The van der Waals surface area contributed by atoms with Crippen LogP contribution in [0.2, 0.25) is 0 Å². The Balaban J connectivity index is 1.97. The molecule has 0 saturated carbocycles. The van der Waals surface area contributed by atoms with Gasteiger partial charge in [0.2, 0.25) is 5.91 Å². The fraction of sp³-hybridized carbons (Fsp3) is 0.333. The molecule has 3 rings (SSSR count). The van der Waals surface area contributed by atoms with Crippen LogP contribution in [0.25, 0.3) is 0 Å². The second kappa shape index (κ2) is 12.0. The van der Waals surface area contributed by atoms with Gasteiger partial charge in [-0.2, -0.15) is 0 Å². The molecule has 0 aliphatic rings. The summed E-state index contributed by atoms with van der Waals surface area (Å²) in [5.74, 6) is -0.486. The van der Waals surface area contributed by atoms with Gasteiger partial charge in [-0.25, -0.2) is 4.79 Å². The third-order valence-electron chi connectivity index (χ3n) is 6.22. The molecule has 0 aromatic heterocycles. The highest BCUT2D eigenvalue weighted by atomic mass is 16.3. The van der Waals surface area contributed by atoms with Crippen molar-refractivity contribution in [2.75, 3.05) is 11.9 Å². The van der Waals surface area contributed by atoms with Crippen molar-refractivity contribution in [1.29, 1.82) is 0 Å². The Morgan fingerprint density at radius 2 is 1.35 bits per heavy atom. The largest absolute Gasteiger partial charge is 0.388 e. The average Bonchev–Trinajstić information content (AvgIpc) is 2.88. The number of benzene rings is 3. The molecule has 3 unspecified atom stereocenters. The molecule has 0 saturated heterocycles. The topological polar surface area (TPSA) is 108 Å². The van der Waals surface area contributed by atoms with E-state index in [9.17, 15) is 14.7 Å². The number of nitrogens with zero attached hydrogens (tertiary/aromatic N) is 1. The molecule has 7 nitrogen and oxygen atoms in total. The Morgan fingerprint density at radius 1 is 0.865 bits per heavy atom. The van der Waals surface area contributed by atoms with Gasteiger partial charge in [0, 0.05) is 24.7 Å². The van der Waals surface area contributed by atoms with E-state index in [1.54, 1.807) is 7.05 Å². The van der Waals surface area contributed by atoms with Crippen LogP contribution in [0.1, 0.15) is 31.9 Å². The zero-order valence-electron chi connectivity index (χ0n) is 22.0. The van der Waals surface area contributed by atoms with Gasteiger partial charge in [0.25, 0.3) is 0 Å². The first-order valence-electron chi connectivity index (χ1n) is 12.5. The third-order valence-corrected chi connectivity index (χ3v) is 6.22. The summed E-state index contributed by atoms with van der Waals surface area (Å²) in [6, 6.07) is 26.8. The lowest BCUT2D eigenvalue weighted by molar-refractivity contribution is -0.133. The summed E-state index contributed by atoms with van der Waals surface area (Å²) in [5, 5.41) is 17.7. The van der Waals surface area contributed by atoms with Crippen LogP contribution in [0.4, 0.5) is 10.5 Å². The second-order valence-electron chi connectivity index (χ2n) is 10.5. The highest BCUT2D eigenvalue weighted by Crippen LogP contribution is 2.23. The van der Waals surface area contributed by atoms with Gasteiger partial charge in [-0.15, -0.1) is 0 Å². The number of carbonyl (C=O) groups excluding carboxylic acids is 2. The molecule has 3 aromatic rings. The highest BCUT2D eigenvalue weighted by molar-refractivity contribution is 5.92. The van der Waals surface area contributed by atoms with E-state index >= 15 is 0 Å². The van der Waals surface area contributed by atoms with Crippen molar-refractivity contribution in [2.24, 2.45) is 5.73 Å². The minimum absolute atomic E-state index is 0.0899. The number of amides is 3. The predicted octanol–water partition coefficient (Wildman–Crippen LogP) is 3.66. The van der Waals surface area contributed by atoms with Crippen LogP contribution in [-0.4, -0.2) is 47.3 Å². The van der Waals surface area contributed by atoms with E-state index in [1.807, 2.05) is 112 Å². The first-order valence-corrected chi connectivity index (χ1v) is 12.5. The maximum Gasteiger partial charge on any atom is 0.321 e. The smallest absolute Gasteiger partial charge is 0.321 e. The zero-order chi connectivity index (χ0) is 27.1. The van der Waals surface area contributed by atoms with Gasteiger partial charge in [-0.3, -0.25) is 9.69 Å². The van der Waals surface area contributed by atoms with Gasteiger partial charge in [0.05, 0.1) is 6.04 Å². The van der Waals surface area contributed by atoms with E-state index in [1.165, 1.54) is 4.90 Å². The van der Waals surface area contributed by atoms with Crippen molar-refractivity contribution >= 4 is 17.6 Å². The quantitative estimate of drug-likeness (QED) is 0.358. The molecule has 196 valence electrons. The molecule has 5 N–H and O–H groups in total. The first-order chi connectivity index (χ1) is 17.5. The van der Waals surface area contributed by atoms with Crippen molar-refractivity contribution in [3.8, 4) is 0 Å². The van der Waals surface area contributed by atoms with E-state index in [2.05, 4.69) is 10.6 Å². The molecule has 7 heteroatoms. The first kappa shape index (κ1) is 27.9. The number of hydrogen-bond acceptors (Lipinski definition) is 4. The van der Waals surface area contributed by atoms with Crippen molar-refractivity contribution in [1.82, 2.24) is 10.6 Å². The van der Waals surface area contributed by atoms with E-state index in [0.29, 0.717) is 5.69 Å². The maximum atomic E-state index is 13.6. The lowest BCUT2D eigenvalue weighted by Crippen LogP contribution is -2.70. The number of hydrogen-bond donors (Lipinski definition) is 4. The lowest BCUT2D eigenvalue weighted by atomic mass is 9.79. The zero-order valence-corrected chi connectivity index (χ0v) is 22.0. The van der Waals surface area contributed by atoms with Crippen LogP contribution in [0, 0.1) is 0 Å². The molecule has 0 heterocycles. The Kier molecular flexibility index (Phi) is 9.08. The molecule has 0 spiro atoms. The number of carbonyl (C=O) groups is 2. The Morgan fingerprint density at radius 3 is 1.86 bits per heavy atom. The Labute approximate surface area is 219 Å². The van der Waals surface area contributed by atoms with Crippen molar-refractivity contribution < 1.29 is 14.7 Å². The Bertz CT molecular complexity index is 1150. The number of nitrogens with one attached hydrogen (secondary N) is 2. The molecule has 3 aromatic carbocycles. The molecule has 0 bridgehead atoms. The van der Waals surface area contributed by atoms with Crippen LogP contribution in [0.3, 0.4) is 0 Å². The number of aliphatic hydroxyl groups excluding tert-OH is 1. The van der Waals surface area contributed by atoms with Gasteiger partial charge in [0.1, 0.15) is 11.6 Å². The molecule has 0 radical (unpaired) electrons. The molecular formula is C30H38N4O3. The van der Waals surface area contributed by atoms with E-state index in [4.69, 9.17) is 5.73 Å². The summed E-state index contributed by atoms with van der Waals surface area (Å²) in [7, 11) is 1.66. The SMILES string of the molecule is CN(C(=O)NC(Cc1ccccc1)C(O)C(N)(Cc1ccccc1)C(=O)NC(C)(C)C)c1ccccc1. The molecule has 0 aliphatic heterocycles. The van der Waals surface area contributed by atoms with Gasteiger partial charge in [-0.05, 0) is 50.5 Å². The highest BCUT2D eigenvalue weighted by Gasteiger charge is 2.46. The van der Waals surface area contributed by atoms with Crippen LogP contribution in [0.15, 0.2) is 91.0 Å². The van der Waals surface area contributed by atoms with Crippen LogP contribution >= 0.6 is 0 Å². The second-order valence-corrected chi connectivity index (χ2v) is 10.5. The average molecular weight is 503 g/mol. The van der Waals surface area contributed by atoms with Crippen LogP contribution < -0.4 is 21.3 Å². The third kappa shape index (κ3) is 7.65. The van der Waals surface area contributed by atoms with Crippen molar-refractivity contribution in [3.63, 3.8) is 0 Å².